The van der Waals surface area contributed by atoms with Gasteiger partial charge in [-0.05, 0) is 72.9 Å². The molecule has 0 spiro atoms. The van der Waals surface area contributed by atoms with E-state index in [9.17, 15) is 0 Å². The predicted octanol–water partition coefficient (Wildman–Crippen LogP) is 6.13. The van der Waals surface area contributed by atoms with Crippen LogP contribution in [0.5, 0.6) is 11.5 Å². The van der Waals surface area contributed by atoms with E-state index < -0.39 is 0 Å². The van der Waals surface area contributed by atoms with Crippen molar-refractivity contribution in [1.82, 2.24) is 0 Å². The van der Waals surface area contributed by atoms with Gasteiger partial charge in [0.2, 0.25) is 0 Å². The highest BCUT2D eigenvalue weighted by molar-refractivity contribution is 5.74. The Morgan fingerprint density at radius 3 is 1.56 bits per heavy atom. The van der Waals surface area contributed by atoms with Gasteiger partial charge in [0.1, 0.15) is 11.5 Å². The number of benzene rings is 3. The minimum absolute atomic E-state index is 0.690. The van der Waals surface area contributed by atoms with E-state index in [0.29, 0.717) is 13.2 Å². The molecule has 0 aliphatic heterocycles. The smallest absolute Gasteiger partial charge is 0.119 e. The Labute approximate surface area is 150 Å². The molecule has 3 aromatic carbocycles. The fourth-order valence-corrected chi connectivity index (χ4v) is 2.97. The van der Waals surface area contributed by atoms with E-state index in [2.05, 4.69) is 49.4 Å². The fourth-order valence-electron chi connectivity index (χ4n) is 2.97. The van der Waals surface area contributed by atoms with E-state index in [4.69, 9.17) is 9.47 Å². The van der Waals surface area contributed by atoms with E-state index in [1.54, 1.807) is 0 Å². The largest absolute Gasteiger partial charge is 0.494 e. The molecular weight excluding hydrogens is 308 g/mol. The molecule has 0 fully saturated rings. The first-order valence-electron chi connectivity index (χ1n) is 8.78. The molecule has 3 rings (SSSR count). The monoisotopic (exact) mass is 332 g/mol. The van der Waals surface area contributed by atoms with E-state index in [1.165, 1.54) is 27.8 Å². The van der Waals surface area contributed by atoms with Gasteiger partial charge >= 0.3 is 0 Å². The molecular formula is C23H24O2. The molecule has 25 heavy (non-hydrogen) atoms. The number of hydrogen-bond acceptors (Lipinski definition) is 2. The first-order chi connectivity index (χ1) is 12.2. The lowest BCUT2D eigenvalue weighted by atomic mass is 9.96. The predicted molar refractivity (Wildman–Crippen MR) is 104 cm³/mol. The molecule has 0 bridgehead atoms. The Hall–Kier alpha value is -2.74. The van der Waals surface area contributed by atoms with Crippen molar-refractivity contribution in [3.05, 3.63) is 72.3 Å². The molecule has 0 unspecified atom stereocenters. The summed E-state index contributed by atoms with van der Waals surface area (Å²) in [5.74, 6) is 1.82. The SMILES string of the molecule is CCOc1ccc(-c2ccc(-c3ccc(OCC)cc3)c(C)c2)cc1. The minimum atomic E-state index is 0.690. The summed E-state index contributed by atoms with van der Waals surface area (Å²) in [6, 6.07) is 23.1. The van der Waals surface area contributed by atoms with Crippen molar-refractivity contribution in [1.29, 1.82) is 0 Å². The highest BCUT2D eigenvalue weighted by Gasteiger charge is 2.05. The van der Waals surface area contributed by atoms with Crippen LogP contribution in [0.2, 0.25) is 0 Å². The van der Waals surface area contributed by atoms with Crippen molar-refractivity contribution in [3.8, 4) is 33.8 Å². The summed E-state index contributed by atoms with van der Waals surface area (Å²) in [5, 5.41) is 0. The first kappa shape index (κ1) is 17.1. The Bertz CT molecular complexity index is 818. The lowest BCUT2D eigenvalue weighted by Gasteiger charge is -2.11. The topological polar surface area (TPSA) is 18.5 Å². The first-order valence-corrected chi connectivity index (χ1v) is 8.78. The summed E-state index contributed by atoms with van der Waals surface area (Å²) in [7, 11) is 0. The third-order valence-corrected chi connectivity index (χ3v) is 4.20. The second-order valence-electron chi connectivity index (χ2n) is 5.94. The lowest BCUT2D eigenvalue weighted by Crippen LogP contribution is -1.91. The van der Waals surface area contributed by atoms with Crippen LogP contribution in [0.4, 0.5) is 0 Å². The second-order valence-corrected chi connectivity index (χ2v) is 5.94. The summed E-state index contributed by atoms with van der Waals surface area (Å²) < 4.78 is 11.0. The van der Waals surface area contributed by atoms with Gasteiger partial charge in [-0.15, -0.1) is 0 Å². The van der Waals surface area contributed by atoms with E-state index >= 15 is 0 Å². The molecule has 0 aromatic heterocycles. The van der Waals surface area contributed by atoms with Crippen LogP contribution >= 0.6 is 0 Å². The molecule has 128 valence electrons. The van der Waals surface area contributed by atoms with Crippen LogP contribution in [0.1, 0.15) is 19.4 Å². The molecule has 0 saturated carbocycles. The third-order valence-electron chi connectivity index (χ3n) is 4.20. The van der Waals surface area contributed by atoms with Crippen LogP contribution in [0.3, 0.4) is 0 Å². The van der Waals surface area contributed by atoms with Gasteiger partial charge in [-0.2, -0.15) is 0 Å². The van der Waals surface area contributed by atoms with E-state index in [0.717, 1.165) is 11.5 Å². The summed E-state index contributed by atoms with van der Waals surface area (Å²) in [5.41, 5.74) is 6.13. The maximum atomic E-state index is 5.52. The van der Waals surface area contributed by atoms with Crippen molar-refractivity contribution in [2.45, 2.75) is 20.8 Å². The minimum Gasteiger partial charge on any atom is -0.494 e. The Morgan fingerprint density at radius 2 is 1.08 bits per heavy atom. The number of aryl methyl sites for hydroxylation is 1. The molecule has 0 saturated heterocycles. The zero-order valence-corrected chi connectivity index (χ0v) is 15.1. The highest BCUT2D eigenvalue weighted by Crippen LogP contribution is 2.30. The molecule has 2 nitrogen and oxygen atoms in total. The van der Waals surface area contributed by atoms with Gasteiger partial charge in [-0.1, -0.05) is 42.5 Å². The molecule has 0 radical (unpaired) electrons. The number of ether oxygens (including phenoxy) is 2. The third kappa shape index (κ3) is 4.03. The number of rotatable bonds is 6. The van der Waals surface area contributed by atoms with Gasteiger partial charge in [0.15, 0.2) is 0 Å². The van der Waals surface area contributed by atoms with Crippen molar-refractivity contribution in [2.75, 3.05) is 13.2 Å². The van der Waals surface area contributed by atoms with Crippen LogP contribution in [-0.2, 0) is 0 Å². The highest BCUT2D eigenvalue weighted by atomic mass is 16.5. The molecule has 2 heteroatoms. The number of hydrogen-bond donors (Lipinski definition) is 0. The van der Waals surface area contributed by atoms with Gasteiger partial charge in [-0.3, -0.25) is 0 Å². The maximum absolute atomic E-state index is 5.52. The van der Waals surface area contributed by atoms with E-state index in [1.807, 2.05) is 38.1 Å². The zero-order chi connectivity index (χ0) is 17.6. The average Bonchev–Trinajstić information content (AvgIpc) is 2.64. The standard InChI is InChI=1S/C23H24O2/c1-4-24-21-11-6-18(7-12-21)20-10-15-23(17(3)16-20)19-8-13-22(14-9-19)25-5-2/h6-16H,4-5H2,1-3H3. The summed E-state index contributed by atoms with van der Waals surface area (Å²) in [6.45, 7) is 7.53. The van der Waals surface area contributed by atoms with Crippen LogP contribution in [-0.4, -0.2) is 13.2 Å². The molecule has 0 atom stereocenters. The normalized spacial score (nSPS) is 10.5. The summed E-state index contributed by atoms with van der Waals surface area (Å²) in [4.78, 5) is 0. The van der Waals surface area contributed by atoms with Crippen molar-refractivity contribution >= 4 is 0 Å². The summed E-state index contributed by atoms with van der Waals surface area (Å²) >= 11 is 0. The molecule has 0 aliphatic carbocycles. The molecule has 0 heterocycles. The fraction of sp³-hybridized carbons (Fsp3) is 0.217. The molecule has 3 aromatic rings. The average molecular weight is 332 g/mol. The van der Waals surface area contributed by atoms with Gasteiger partial charge < -0.3 is 9.47 Å². The molecule has 0 N–H and O–H groups in total. The molecule has 0 amide bonds. The van der Waals surface area contributed by atoms with Crippen LogP contribution in [0.15, 0.2) is 66.7 Å². The van der Waals surface area contributed by atoms with Gasteiger partial charge in [0.05, 0.1) is 13.2 Å². The second kappa shape index (κ2) is 7.89. The maximum Gasteiger partial charge on any atom is 0.119 e. The van der Waals surface area contributed by atoms with Crippen molar-refractivity contribution in [2.24, 2.45) is 0 Å². The Morgan fingerprint density at radius 1 is 0.600 bits per heavy atom. The van der Waals surface area contributed by atoms with E-state index in [-0.39, 0.29) is 0 Å². The van der Waals surface area contributed by atoms with Crippen LogP contribution in [0, 0.1) is 6.92 Å². The van der Waals surface area contributed by atoms with Crippen molar-refractivity contribution in [3.63, 3.8) is 0 Å². The van der Waals surface area contributed by atoms with Crippen molar-refractivity contribution < 1.29 is 9.47 Å². The van der Waals surface area contributed by atoms with Gasteiger partial charge in [0.25, 0.3) is 0 Å². The Balaban J connectivity index is 1.85. The Kier molecular flexibility index (Phi) is 5.39. The summed E-state index contributed by atoms with van der Waals surface area (Å²) in [6.07, 6.45) is 0. The molecule has 0 aliphatic rings. The lowest BCUT2D eigenvalue weighted by molar-refractivity contribution is 0.340. The quantitative estimate of drug-likeness (QED) is 0.541. The zero-order valence-electron chi connectivity index (χ0n) is 15.1. The van der Waals surface area contributed by atoms with Crippen LogP contribution < -0.4 is 9.47 Å². The van der Waals surface area contributed by atoms with Crippen LogP contribution in [0.25, 0.3) is 22.3 Å². The van der Waals surface area contributed by atoms with Gasteiger partial charge in [-0.25, -0.2) is 0 Å². The van der Waals surface area contributed by atoms with Gasteiger partial charge in [0, 0.05) is 0 Å².